The predicted octanol–water partition coefficient (Wildman–Crippen LogP) is 3.46. The van der Waals surface area contributed by atoms with Crippen molar-refractivity contribution in [3.05, 3.63) is 76.4 Å². The van der Waals surface area contributed by atoms with Crippen molar-refractivity contribution in [2.45, 2.75) is 13.1 Å². The minimum absolute atomic E-state index is 0.265. The number of benzene rings is 1. The fourth-order valence-electron chi connectivity index (χ4n) is 2.29. The van der Waals surface area contributed by atoms with Crippen molar-refractivity contribution in [3.8, 4) is 0 Å². The molecular formula is C19H20N4O2S. The molecule has 6 nitrogen and oxygen atoms in total. The number of carbonyl (C=O) groups is 1. The van der Waals surface area contributed by atoms with Crippen LogP contribution in [0, 0.1) is 0 Å². The number of amides is 1. The molecule has 0 atom stereocenters. The highest BCUT2D eigenvalue weighted by atomic mass is 32.1. The van der Waals surface area contributed by atoms with Crippen LogP contribution >= 0.6 is 11.3 Å². The topological polar surface area (TPSA) is 78.7 Å². The van der Waals surface area contributed by atoms with Crippen molar-refractivity contribution in [1.29, 1.82) is 0 Å². The maximum absolute atomic E-state index is 11.9. The summed E-state index contributed by atoms with van der Waals surface area (Å²) < 4.78 is 5.08. The van der Waals surface area contributed by atoms with Gasteiger partial charge in [-0.15, -0.1) is 0 Å². The lowest BCUT2D eigenvalue weighted by Crippen LogP contribution is -2.36. The maximum Gasteiger partial charge on any atom is 0.291 e. The van der Waals surface area contributed by atoms with Gasteiger partial charge in [-0.3, -0.25) is 9.79 Å². The number of aliphatic imine (C=N–C) groups is 1. The molecule has 134 valence electrons. The maximum atomic E-state index is 11.9. The van der Waals surface area contributed by atoms with E-state index >= 15 is 0 Å². The number of rotatable bonds is 6. The molecule has 7 heteroatoms. The minimum atomic E-state index is -0.265. The second-order valence-electron chi connectivity index (χ2n) is 5.54. The summed E-state index contributed by atoms with van der Waals surface area (Å²) in [6.45, 7) is 1.37. The number of nitrogens with one attached hydrogen (secondary N) is 3. The molecule has 0 aliphatic carbocycles. The van der Waals surface area contributed by atoms with Gasteiger partial charge in [0.1, 0.15) is 0 Å². The van der Waals surface area contributed by atoms with Gasteiger partial charge in [0, 0.05) is 25.8 Å². The quantitative estimate of drug-likeness (QED) is 0.460. The monoisotopic (exact) mass is 368 g/mol. The van der Waals surface area contributed by atoms with Crippen LogP contribution in [-0.4, -0.2) is 18.9 Å². The number of hydrogen-bond donors (Lipinski definition) is 3. The Morgan fingerprint density at radius 2 is 1.85 bits per heavy atom. The second-order valence-corrected chi connectivity index (χ2v) is 6.32. The summed E-state index contributed by atoms with van der Waals surface area (Å²) in [6, 6.07) is 13.0. The Labute approximate surface area is 156 Å². The van der Waals surface area contributed by atoms with E-state index < -0.39 is 0 Å². The number of thiophene rings is 1. The molecule has 0 aliphatic heterocycles. The molecule has 2 heterocycles. The summed E-state index contributed by atoms with van der Waals surface area (Å²) in [5, 5.41) is 13.5. The molecule has 0 saturated heterocycles. The molecule has 0 fully saturated rings. The molecule has 2 aromatic heterocycles. The van der Waals surface area contributed by atoms with Gasteiger partial charge in [0.15, 0.2) is 11.7 Å². The molecule has 0 aliphatic rings. The summed E-state index contributed by atoms with van der Waals surface area (Å²) >= 11 is 1.68. The molecule has 3 N–H and O–H groups in total. The van der Waals surface area contributed by atoms with Crippen LogP contribution in [0.3, 0.4) is 0 Å². The Morgan fingerprint density at radius 1 is 1.08 bits per heavy atom. The summed E-state index contributed by atoms with van der Waals surface area (Å²) in [5.41, 5.74) is 3.03. The fourth-order valence-corrected chi connectivity index (χ4v) is 2.96. The first-order valence-electron chi connectivity index (χ1n) is 8.14. The van der Waals surface area contributed by atoms with Crippen molar-refractivity contribution in [2.75, 3.05) is 12.4 Å². The van der Waals surface area contributed by atoms with E-state index in [2.05, 4.69) is 37.8 Å². The zero-order chi connectivity index (χ0) is 18.2. The van der Waals surface area contributed by atoms with E-state index in [9.17, 15) is 4.79 Å². The number of guanidine groups is 1. The molecular weight excluding hydrogens is 348 g/mol. The zero-order valence-electron chi connectivity index (χ0n) is 14.4. The third-order valence-electron chi connectivity index (χ3n) is 3.68. The van der Waals surface area contributed by atoms with E-state index in [1.54, 1.807) is 30.5 Å². The highest BCUT2D eigenvalue weighted by Gasteiger charge is 2.08. The van der Waals surface area contributed by atoms with Crippen LogP contribution in [0.5, 0.6) is 0 Å². The molecule has 3 rings (SSSR count). The van der Waals surface area contributed by atoms with Crippen LogP contribution in [0.1, 0.15) is 21.7 Å². The van der Waals surface area contributed by atoms with E-state index in [0.717, 1.165) is 23.8 Å². The van der Waals surface area contributed by atoms with Crippen molar-refractivity contribution in [1.82, 2.24) is 10.6 Å². The summed E-state index contributed by atoms with van der Waals surface area (Å²) in [5.74, 6) is 0.765. The van der Waals surface area contributed by atoms with Gasteiger partial charge in [-0.2, -0.15) is 11.3 Å². The predicted molar refractivity (Wildman–Crippen MR) is 104 cm³/mol. The summed E-state index contributed by atoms with van der Waals surface area (Å²) in [7, 11) is 1.75. The van der Waals surface area contributed by atoms with E-state index in [1.807, 2.05) is 24.3 Å². The van der Waals surface area contributed by atoms with Gasteiger partial charge in [0.2, 0.25) is 0 Å². The van der Waals surface area contributed by atoms with Crippen LogP contribution in [0.15, 0.2) is 68.9 Å². The molecule has 0 bridgehead atoms. The zero-order valence-corrected chi connectivity index (χ0v) is 15.2. The third kappa shape index (κ3) is 4.97. The standard InChI is InChI=1S/C19H20N4O2S/c1-20-19(22-12-15-8-10-26-13-15)21-11-14-4-6-16(7-5-14)23-18(24)17-3-2-9-25-17/h2-10,13H,11-12H2,1H3,(H,23,24)(H2,20,21,22). The first-order chi connectivity index (χ1) is 12.7. The van der Waals surface area contributed by atoms with E-state index in [4.69, 9.17) is 4.42 Å². The molecule has 3 aromatic rings. The van der Waals surface area contributed by atoms with Gasteiger partial charge < -0.3 is 20.4 Å². The molecule has 0 spiro atoms. The number of anilines is 1. The fraction of sp³-hybridized carbons (Fsp3) is 0.158. The van der Waals surface area contributed by atoms with Crippen molar-refractivity contribution in [3.63, 3.8) is 0 Å². The van der Waals surface area contributed by atoms with Crippen molar-refractivity contribution in [2.24, 2.45) is 4.99 Å². The lowest BCUT2D eigenvalue weighted by atomic mass is 10.2. The largest absolute Gasteiger partial charge is 0.459 e. The first kappa shape index (κ1) is 17.8. The lowest BCUT2D eigenvalue weighted by Gasteiger charge is -2.12. The minimum Gasteiger partial charge on any atom is -0.459 e. The first-order valence-corrected chi connectivity index (χ1v) is 9.08. The van der Waals surface area contributed by atoms with Crippen LogP contribution in [0.25, 0.3) is 0 Å². The average molecular weight is 368 g/mol. The van der Waals surface area contributed by atoms with E-state index in [0.29, 0.717) is 6.54 Å². The number of nitrogens with zero attached hydrogens (tertiary/aromatic N) is 1. The smallest absolute Gasteiger partial charge is 0.291 e. The molecule has 0 unspecified atom stereocenters. The highest BCUT2D eigenvalue weighted by Crippen LogP contribution is 2.12. The van der Waals surface area contributed by atoms with Gasteiger partial charge in [0.05, 0.1) is 6.26 Å². The summed E-state index contributed by atoms with van der Waals surface area (Å²) in [6.07, 6.45) is 1.48. The van der Waals surface area contributed by atoms with Crippen molar-refractivity contribution >= 4 is 28.9 Å². The van der Waals surface area contributed by atoms with Gasteiger partial charge in [-0.05, 0) is 52.2 Å². The third-order valence-corrected chi connectivity index (χ3v) is 4.41. The van der Waals surface area contributed by atoms with Gasteiger partial charge >= 0.3 is 0 Å². The van der Waals surface area contributed by atoms with Crippen LogP contribution in [0.2, 0.25) is 0 Å². The number of hydrogen-bond acceptors (Lipinski definition) is 4. The Kier molecular flexibility index (Phi) is 6.05. The van der Waals surface area contributed by atoms with E-state index in [1.165, 1.54) is 11.8 Å². The van der Waals surface area contributed by atoms with E-state index in [-0.39, 0.29) is 11.7 Å². The molecule has 0 saturated carbocycles. The average Bonchev–Trinajstić information content (AvgIpc) is 3.37. The summed E-state index contributed by atoms with van der Waals surface area (Å²) in [4.78, 5) is 16.2. The second kappa shape index (κ2) is 8.87. The number of furan rings is 1. The van der Waals surface area contributed by atoms with Gasteiger partial charge in [-0.1, -0.05) is 12.1 Å². The Balaban J connectivity index is 1.48. The molecule has 1 amide bonds. The molecule has 0 radical (unpaired) electrons. The normalized spacial score (nSPS) is 11.2. The number of carbonyl (C=O) groups excluding carboxylic acids is 1. The van der Waals surface area contributed by atoms with Crippen molar-refractivity contribution < 1.29 is 9.21 Å². The molecule has 26 heavy (non-hydrogen) atoms. The van der Waals surface area contributed by atoms with Gasteiger partial charge in [-0.25, -0.2) is 0 Å². The van der Waals surface area contributed by atoms with Crippen LogP contribution in [-0.2, 0) is 13.1 Å². The Bertz CT molecular complexity index is 840. The van der Waals surface area contributed by atoms with Crippen LogP contribution < -0.4 is 16.0 Å². The Hall–Kier alpha value is -3.06. The highest BCUT2D eigenvalue weighted by molar-refractivity contribution is 7.07. The Morgan fingerprint density at radius 3 is 2.46 bits per heavy atom. The lowest BCUT2D eigenvalue weighted by molar-refractivity contribution is 0.0996. The van der Waals surface area contributed by atoms with Crippen LogP contribution in [0.4, 0.5) is 5.69 Å². The SMILES string of the molecule is CN=C(NCc1ccc(NC(=O)c2ccco2)cc1)NCc1ccsc1. The van der Waals surface area contributed by atoms with Gasteiger partial charge in [0.25, 0.3) is 5.91 Å². The molecule has 1 aromatic carbocycles.